The van der Waals surface area contributed by atoms with E-state index in [2.05, 4.69) is 54.6 Å². The van der Waals surface area contributed by atoms with Gasteiger partial charge in [-0.1, -0.05) is 23.9 Å². The molecule has 2 aliphatic rings. The predicted molar refractivity (Wildman–Crippen MR) is 116 cm³/mol. The van der Waals surface area contributed by atoms with E-state index < -0.39 is 0 Å². The molecule has 0 radical (unpaired) electrons. The molecule has 0 fully saturated rings. The van der Waals surface area contributed by atoms with Crippen molar-refractivity contribution in [3.05, 3.63) is 69.0 Å². The smallest absolute Gasteiger partial charge is 0.283 e. The van der Waals surface area contributed by atoms with Crippen molar-refractivity contribution >= 4 is 34.7 Å². The number of aromatic nitrogens is 1. The molecule has 0 saturated heterocycles. The van der Waals surface area contributed by atoms with Crippen LogP contribution in [0, 0.1) is 33.1 Å². The summed E-state index contributed by atoms with van der Waals surface area (Å²) in [6.45, 7) is 10.3. The van der Waals surface area contributed by atoms with Crippen molar-refractivity contribution in [2.45, 2.75) is 34.6 Å². The van der Waals surface area contributed by atoms with Gasteiger partial charge in [0.15, 0.2) is 5.17 Å². The predicted octanol–water partition coefficient (Wildman–Crippen LogP) is 4.88. The maximum absolute atomic E-state index is 12.6. The average Bonchev–Trinajstić information content (AvgIpc) is 3.13. The minimum absolute atomic E-state index is 0.177. The summed E-state index contributed by atoms with van der Waals surface area (Å²) >= 11 is 1.42. The number of thioether (sulfide) groups is 1. The fraction of sp³-hybridized carbons (Fsp3) is 0.227. The number of fused-ring (bicyclic) bond motifs is 1. The minimum Gasteiger partial charge on any atom is -0.318 e. The molecule has 0 atom stereocenters. The van der Waals surface area contributed by atoms with Crippen LogP contribution in [-0.2, 0) is 4.79 Å². The van der Waals surface area contributed by atoms with E-state index in [0.717, 1.165) is 27.5 Å². The lowest BCUT2D eigenvalue weighted by atomic mass is 10.1. The Morgan fingerprint density at radius 3 is 2.64 bits per heavy atom. The Kier molecular flexibility index (Phi) is 4.38. The highest BCUT2D eigenvalue weighted by Gasteiger charge is 2.33. The molecule has 2 aliphatic heterocycles. The van der Waals surface area contributed by atoms with Gasteiger partial charge in [0.25, 0.3) is 5.91 Å². The minimum atomic E-state index is -0.358. The Balaban J connectivity index is 1.81. The third kappa shape index (κ3) is 2.85. The number of carbonyl (C=O) groups excluding carboxylic acids is 1. The number of amides is 1. The van der Waals surface area contributed by atoms with Gasteiger partial charge in [-0.15, -0.1) is 0 Å². The van der Waals surface area contributed by atoms with Gasteiger partial charge in [0.2, 0.25) is 0 Å². The highest BCUT2D eigenvalue weighted by Crippen LogP contribution is 2.33. The van der Waals surface area contributed by atoms with Crippen LogP contribution in [0.25, 0.3) is 11.8 Å². The lowest BCUT2D eigenvalue weighted by Gasteiger charge is -2.22. The summed E-state index contributed by atoms with van der Waals surface area (Å²) in [6, 6.07) is 8.34. The van der Waals surface area contributed by atoms with Gasteiger partial charge in [0, 0.05) is 28.2 Å². The second-order valence-corrected chi connectivity index (χ2v) is 8.41. The largest absolute Gasteiger partial charge is 0.318 e. The topological polar surface area (TPSA) is 61.5 Å². The first-order valence-corrected chi connectivity index (χ1v) is 9.94. The summed E-state index contributed by atoms with van der Waals surface area (Å²) in [7, 11) is 0. The molecule has 3 heterocycles. The SMILES string of the molecule is CC1=CN2C(=N)C(=Cc3cc(C)n(-c4cccc(C)c4C)c3C)C(=O)N=C2S1. The number of allylic oxidation sites excluding steroid dienone is 1. The van der Waals surface area contributed by atoms with E-state index in [1.54, 1.807) is 11.0 Å². The molecule has 1 amide bonds. The van der Waals surface area contributed by atoms with Crippen molar-refractivity contribution < 1.29 is 4.79 Å². The second-order valence-electron chi connectivity index (χ2n) is 7.20. The number of benzene rings is 1. The molecular weight excluding hydrogens is 368 g/mol. The zero-order valence-electron chi connectivity index (χ0n) is 16.6. The number of hydrogen-bond donors (Lipinski definition) is 1. The Morgan fingerprint density at radius 1 is 1.14 bits per heavy atom. The van der Waals surface area contributed by atoms with Gasteiger partial charge in [-0.25, -0.2) is 0 Å². The maximum Gasteiger partial charge on any atom is 0.283 e. The van der Waals surface area contributed by atoms with E-state index in [0.29, 0.717) is 10.7 Å². The molecule has 0 bridgehead atoms. The molecule has 4 rings (SSSR count). The molecule has 6 heteroatoms. The van der Waals surface area contributed by atoms with Gasteiger partial charge in [0.05, 0.1) is 5.57 Å². The standard InChI is InChI=1S/C22H22N4OS/c1-12-7-6-8-19(15(12)4)26-13(2)9-17(16(26)5)10-18-20(23)25-11-14(3)28-22(25)24-21(18)27/h6-11,23H,1-5H3. The molecule has 142 valence electrons. The number of nitrogens with one attached hydrogen (secondary N) is 1. The van der Waals surface area contributed by atoms with Gasteiger partial charge in [-0.3, -0.25) is 15.1 Å². The summed E-state index contributed by atoms with van der Waals surface area (Å²) < 4.78 is 2.20. The summed E-state index contributed by atoms with van der Waals surface area (Å²) in [4.78, 5) is 19.4. The fourth-order valence-corrected chi connectivity index (χ4v) is 4.46. The van der Waals surface area contributed by atoms with Gasteiger partial charge in [-0.05, 0) is 69.5 Å². The Bertz CT molecular complexity index is 1130. The van der Waals surface area contributed by atoms with Crippen LogP contribution < -0.4 is 0 Å². The van der Waals surface area contributed by atoms with Crippen molar-refractivity contribution in [2.24, 2.45) is 4.99 Å². The molecule has 0 spiro atoms. The van der Waals surface area contributed by atoms with Crippen molar-refractivity contribution in [3.63, 3.8) is 0 Å². The third-order valence-electron chi connectivity index (χ3n) is 5.28. The quantitative estimate of drug-likeness (QED) is 0.744. The van der Waals surface area contributed by atoms with Crippen molar-refractivity contribution in [3.8, 4) is 5.69 Å². The molecule has 2 aromatic rings. The lowest BCUT2D eigenvalue weighted by molar-refractivity contribution is -0.114. The first-order valence-electron chi connectivity index (χ1n) is 9.12. The first kappa shape index (κ1) is 18.5. The Labute approximate surface area is 169 Å². The molecule has 0 unspecified atom stereocenters. The van der Waals surface area contributed by atoms with Crippen LogP contribution in [0.4, 0.5) is 0 Å². The maximum atomic E-state index is 12.6. The second kappa shape index (κ2) is 6.63. The number of aryl methyl sites for hydroxylation is 2. The Hall–Kier alpha value is -2.86. The van der Waals surface area contributed by atoms with Crippen LogP contribution in [0.15, 0.2) is 45.9 Å². The van der Waals surface area contributed by atoms with E-state index in [1.807, 2.05) is 20.0 Å². The number of rotatable bonds is 2. The third-order valence-corrected chi connectivity index (χ3v) is 6.18. The molecule has 28 heavy (non-hydrogen) atoms. The summed E-state index contributed by atoms with van der Waals surface area (Å²) in [5.41, 5.74) is 6.98. The van der Waals surface area contributed by atoms with Crippen LogP contribution in [0.5, 0.6) is 0 Å². The van der Waals surface area contributed by atoms with E-state index in [9.17, 15) is 4.79 Å². The van der Waals surface area contributed by atoms with Crippen molar-refractivity contribution in [1.82, 2.24) is 9.47 Å². The van der Waals surface area contributed by atoms with Gasteiger partial charge < -0.3 is 4.57 Å². The monoisotopic (exact) mass is 390 g/mol. The van der Waals surface area contributed by atoms with Gasteiger partial charge in [-0.2, -0.15) is 4.99 Å². The molecule has 0 saturated carbocycles. The summed E-state index contributed by atoms with van der Waals surface area (Å²) in [5.74, 6) is -0.181. The van der Waals surface area contributed by atoms with Gasteiger partial charge >= 0.3 is 0 Å². The molecule has 1 aromatic carbocycles. The molecule has 5 nitrogen and oxygen atoms in total. The molecule has 0 aliphatic carbocycles. The van der Waals surface area contributed by atoms with Gasteiger partial charge in [0.1, 0.15) is 5.84 Å². The van der Waals surface area contributed by atoms with E-state index >= 15 is 0 Å². The highest BCUT2D eigenvalue weighted by atomic mass is 32.2. The molecule has 1 N–H and O–H groups in total. The van der Waals surface area contributed by atoms with E-state index in [4.69, 9.17) is 5.41 Å². The molecule has 1 aromatic heterocycles. The average molecular weight is 391 g/mol. The van der Waals surface area contributed by atoms with Crippen molar-refractivity contribution in [2.75, 3.05) is 0 Å². The van der Waals surface area contributed by atoms with Crippen LogP contribution in [0.1, 0.15) is 35.0 Å². The lowest BCUT2D eigenvalue weighted by Crippen LogP contribution is -2.35. The van der Waals surface area contributed by atoms with E-state index in [-0.39, 0.29) is 11.7 Å². The number of nitrogens with zero attached hydrogens (tertiary/aromatic N) is 3. The fourth-order valence-electron chi connectivity index (χ4n) is 3.64. The highest BCUT2D eigenvalue weighted by molar-refractivity contribution is 8.17. The zero-order valence-corrected chi connectivity index (χ0v) is 17.4. The summed E-state index contributed by atoms with van der Waals surface area (Å²) in [6.07, 6.45) is 3.65. The number of aliphatic imine (C=N–C) groups is 1. The first-order chi connectivity index (χ1) is 13.3. The Morgan fingerprint density at radius 2 is 1.89 bits per heavy atom. The van der Waals surface area contributed by atoms with Crippen LogP contribution >= 0.6 is 11.8 Å². The normalized spacial score (nSPS) is 17.9. The summed E-state index contributed by atoms with van der Waals surface area (Å²) in [5, 5.41) is 9.05. The zero-order chi connectivity index (χ0) is 20.2. The van der Waals surface area contributed by atoms with Crippen LogP contribution in [0.3, 0.4) is 0 Å². The number of hydrogen-bond acceptors (Lipinski definition) is 3. The van der Waals surface area contributed by atoms with Crippen LogP contribution in [-0.4, -0.2) is 26.4 Å². The molecular formula is C22H22N4OS. The van der Waals surface area contributed by atoms with Crippen LogP contribution in [0.2, 0.25) is 0 Å². The number of amidine groups is 2. The number of carbonyl (C=O) groups is 1. The van der Waals surface area contributed by atoms with E-state index in [1.165, 1.54) is 22.9 Å². The van der Waals surface area contributed by atoms with Crippen molar-refractivity contribution in [1.29, 1.82) is 5.41 Å².